The summed E-state index contributed by atoms with van der Waals surface area (Å²) in [6, 6.07) is 7.25. The smallest absolute Gasteiger partial charge is 0.242 e. The molecule has 1 aromatic rings. The molecule has 1 aromatic carbocycles. The van der Waals surface area contributed by atoms with Crippen molar-refractivity contribution >= 4 is 16.0 Å². The number of benzene rings is 1. The molecule has 25 heavy (non-hydrogen) atoms. The van der Waals surface area contributed by atoms with Gasteiger partial charge in [0, 0.05) is 33.7 Å². The summed E-state index contributed by atoms with van der Waals surface area (Å²) < 4.78 is 25.3. The number of nitrogens with zero attached hydrogens (tertiary/aromatic N) is 2. The van der Waals surface area contributed by atoms with Gasteiger partial charge in [-0.05, 0) is 43.4 Å². The maximum Gasteiger partial charge on any atom is 0.242 e. The Morgan fingerprint density at radius 3 is 2.20 bits per heavy atom. The van der Waals surface area contributed by atoms with Gasteiger partial charge in [-0.1, -0.05) is 26.0 Å². The summed E-state index contributed by atoms with van der Waals surface area (Å²) in [5.74, 6) is 1.44. The van der Waals surface area contributed by atoms with Crippen LogP contribution in [0.5, 0.6) is 0 Å². The van der Waals surface area contributed by atoms with Crippen molar-refractivity contribution in [2.24, 2.45) is 10.9 Å². The standard InChI is InChI=1S/C18H32N4O2S/c1-14(2)7-8-15(3)21-18(19-4)20-13-16-9-11-17(12-10-16)25(23,24)22(5)6/h9-12,14-15H,7-8,13H2,1-6H3,(H2,19,20,21). The van der Waals surface area contributed by atoms with Crippen LogP contribution in [-0.4, -0.2) is 45.9 Å². The van der Waals surface area contributed by atoms with E-state index in [0.717, 1.165) is 17.9 Å². The molecule has 0 aromatic heterocycles. The lowest BCUT2D eigenvalue weighted by Gasteiger charge is -2.19. The largest absolute Gasteiger partial charge is 0.354 e. The predicted molar refractivity (Wildman–Crippen MR) is 104 cm³/mol. The third-order valence-electron chi connectivity index (χ3n) is 3.95. The summed E-state index contributed by atoms with van der Waals surface area (Å²) in [5.41, 5.74) is 0.996. The molecule has 0 aliphatic heterocycles. The molecule has 0 fully saturated rings. The Labute approximate surface area is 152 Å². The van der Waals surface area contributed by atoms with Crippen molar-refractivity contribution in [2.45, 2.75) is 51.1 Å². The zero-order valence-electron chi connectivity index (χ0n) is 16.2. The summed E-state index contributed by atoms with van der Waals surface area (Å²) in [6.07, 6.45) is 2.27. The maximum absolute atomic E-state index is 12.1. The van der Waals surface area contributed by atoms with Crippen LogP contribution >= 0.6 is 0 Å². The van der Waals surface area contributed by atoms with Gasteiger partial charge in [-0.3, -0.25) is 4.99 Å². The second-order valence-corrected chi connectivity index (χ2v) is 9.03. The van der Waals surface area contributed by atoms with Crippen LogP contribution < -0.4 is 10.6 Å². The van der Waals surface area contributed by atoms with Gasteiger partial charge in [0.2, 0.25) is 10.0 Å². The lowest BCUT2D eigenvalue weighted by atomic mass is 10.0. The highest BCUT2D eigenvalue weighted by atomic mass is 32.2. The minimum Gasteiger partial charge on any atom is -0.354 e. The molecule has 0 spiro atoms. The monoisotopic (exact) mass is 368 g/mol. The van der Waals surface area contributed by atoms with Crippen LogP contribution in [0.3, 0.4) is 0 Å². The Morgan fingerprint density at radius 1 is 1.12 bits per heavy atom. The molecular weight excluding hydrogens is 336 g/mol. The molecule has 142 valence electrons. The van der Waals surface area contributed by atoms with E-state index in [4.69, 9.17) is 0 Å². The van der Waals surface area contributed by atoms with Crippen molar-refractivity contribution in [3.8, 4) is 0 Å². The van der Waals surface area contributed by atoms with E-state index in [0.29, 0.717) is 23.4 Å². The summed E-state index contributed by atoms with van der Waals surface area (Å²) in [7, 11) is 1.42. The van der Waals surface area contributed by atoms with Gasteiger partial charge in [0.1, 0.15) is 0 Å². The topological polar surface area (TPSA) is 73.8 Å². The summed E-state index contributed by atoms with van der Waals surface area (Å²) in [6.45, 7) is 7.18. The molecule has 0 heterocycles. The fourth-order valence-electron chi connectivity index (χ4n) is 2.26. The third-order valence-corrected chi connectivity index (χ3v) is 5.77. The first kappa shape index (κ1) is 21.4. The number of guanidine groups is 1. The SMILES string of the molecule is CN=C(NCc1ccc(S(=O)(=O)N(C)C)cc1)NC(C)CCC(C)C. The fraction of sp³-hybridized carbons (Fsp3) is 0.611. The molecule has 0 aliphatic carbocycles. The van der Waals surface area contributed by atoms with E-state index >= 15 is 0 Å². The summed E-state index contributed by atoms with van der Waals surface area (Å²) in [4.78, 5) is 4.54. The van der Waals surface area contributed by atoms with E-state index < -0.39 is 10.0 Å². The minimum absolute atomic E-state index is 0.297. The van der Waals surface area contributed by atoms with Gasteiger partial charge in [-0.25, -0.2) is 12.7 Å². The second kappa shape index (κ2) is 9.77. The molecule has 1 unspecified atom stereocenters. The molecule has 0 amide bonds. The van der Waals surface area contributed by atoms with Crippen molar-refractivity contribution in [3.05, 3.63) is 29.8 Å². The van der Waals surface area contributed by atoms with Gasteiger partial charge >= 0.3 is 0 Å². The van der Waals surface area contributed by atoms with Crippen LogP contribution in [0.1, 0.15) is 39.2 Å². The van der Waals surface area contributed by atoms with Crippen molar-refractivity contribution in [1.82, 2.24) is 14.9 Å². The lowest BCUT2D eigenvalue weighted by Crippen LogP contribution is -2.41. The van der Waals surface area contributed by atoms with Gasteiger partial charge in [0.15, 0.2) is 5.96 Å². The molecule has 2 N–H and O–H groups in total. The van der Waals surface area contributed by atoms with Crippen LogP contribution in [0.2, 0.25) is 0 Å². The fourth-order valence-corrected chi connectivity index (χ4v) is 3.16. The van der Waals surface area contributed by atoms with E-state index in [2.05, 4.69) is 36.4 Å². The Balaban J connectivity index is 2.59. The van der Waals surface area contributed by atoms with Crippen LogP contribution in [0.15, 0.2) is 34.2 Å². The average Bonchev–Trinajstić information content (AvgIpc) is 2.56. The van der Waals surface area contributed by atoms with E-state index in [9.17, 15) is 8.42 Å². The summed E-state index contributed by atoms with van der Waals surface area (Å²) in [5, 5.41) is 6.64. The molecule has 0 aliphatic rings. The van der Waals surface area contributed by atoms with Gasteiger partial charge in [0.05, 0.1) is 4.90 Å². The zero-order valence-corrected chi connectivity index (χ0v) is 17.0. The highest BCUT2D eigenvalue weighted by molar-refractivity contribution is 7.89. The Hall–Kier alpha value is -1.60. The number of nitrogens with one attached hydrogen (secondary N) is 2. The van der Waals surface area contributed by atoms with Gasteiger partial charge < -0.3 is 10.6 Å². The van der Waals surface area contributed by atoms with Crippen molar-refractivity contribution in [2.75, 3.05) is 21.1 Å². The molecule has 0 radical (unpaired) electrons. The van der Waals surface area contributed by atoms with Gasteiger partial charge in [-0.2, -0.15) is 0 Å². The normalized spacial score (nSPS) is 14.0. The first-order valence-corrected chi connectivity index (χ1v) is 10.1. The first-order chi connectivity index (χ1) is 11.7. The molecular formula is C18H32N4O2S. The van der Waals surface area contributed by atoms with E-state index in [1.807, 2.05) is 12.1 Å². The van der Waals surface area contributed by atoms with Gasteiger partial charge in [-0.15, -0.1) is 0 Å². The molecule has 1 rings (SSSR count). The zero-order chi connectivity index (χ0) is 19.0. The maximum atomic E-state index is 12.1. The van der Waals surface area contributed by atoms with Gasteiger partial charge in [0.25, 0.3) is 0 Å². The Kier molecular flexibility index (Phi) is 8.38. The number of aliphatic imine (C=N–C) groups is 1. The van der Waals surface area contributed by atoms with E-state index in [1.165, 1.54) is 24.8 Å². The number of sulfonamides is 1. The molecule has 1 atom stereocenters. The van der Waals surface area contributed by atoms with Crippen molar-refractivity contribution < 1.29 is 8.42 Å². The second-order valence-electron chi connectivity index (χ2n) is 6.87. The van der Waals surface area contributed by atoms with Crippen LogP contribution in [0, 0.1) is 5.92 Å². The molecule has 0 bridgehead atoms. The highest BCUT2D eigenvalue weighted by Crippen LogP contribution is 2.14. The molecule has 0 saturated carbocycles. The first-order valence-electron chi connectivity index (χ1n) is 8.65. The predicted octanol–water partition coefficient (Wildman–Crippen LogP) is 2.43. The van der Waals surface area contributed by atoms with Crippen LogP contribution in [-0.2, 0) is 16.6 Å². The van der Waals surface area contributed by atoms with E-state index in [1.54, 1.807) is 19.2 Å². The third kappa shape index (κ3) is 7.04. The molecule has 7 heteroatoms. The Morgan fingerprint density at radius 2 is 1.72 bits per heavy atom. The number of rotatable bonds is 8. The van der Waals surface area contributed by atoms with E-state index in [-0.39, 0.29) is 0 Å². The average molecular weight is 369 g/mol. The number of hydrogen-bond acceptors (Lipinski definition) is 3. The van der Waals surface area contributed by atoms with Crippen LogP contribution in [0.4, 0.5) is 0 Å². The number of hydrogen-bond donors (Lipinski definition) is 2. The highest BCUT2D eigenvalue weighted by Gasteiger charge is 2.16. The molecule has 6 nitrogen and oxygen atoms in total. The molecule has 0 saturated heterocycles. The minimum atomic E-state index is -3.38. The van der Waals surface area contributed by atoms with Crippen LogP contribution in [0.25, 0.3) is 0 Å². The quantitative estimate of drug-likeness (QED) is 0.546. The lowest BCUT2D eigenvalue weighted by molar-refractivity contribution is 0.489. The van der Waals surface area contributed by atoms with Crippen molar-refractivity contribution in [3.63, 3.8) is 0 Å². The Bertz CT molecular complexity index is 652. The van der Waals surface area contributed by atoms with Crippen molar-refractivity contribution in [1.29, 1.82) is 0 Å². The summed E-state index contributed by atoms with van der Waals surface area (Å²) >= 11 is 0.